The highest BCUT2D eigenvalue weighted by Crippen LogP contribution is 2.25. The number of hydrogen-bond donors (Lipinski definition) is 2. The lowest BCUT2D eigenvalue weighted by Crippen LogP contribution is -2.17. The Labute approximate surface area is 149 Å². The Morgan fingerprint density at radius 1 is 1.04 bits per heavy atom. The number of rotatable bonds is 3. The quantitative estimate of drug-likeness (QED) is 0.878. The minimum absolute atomic E-state index is 0.00647. The van der Waals surface area contributed by atoms with Crippen LogP contribution in [0.1, 0.15) is 47.8 Å². The predicted molar refractivity (Wildman–Crippen MR) is 100 cm³/mol. The van der Waals surface area contributed by atoms with Crippen molar-refractivity contribution in [2.24, 2.45) is 5.14 Å². The normalized spacial score (nSPS) is 12.1. The fraction of sp³-hybridized carbons (Fsp3) is 0.316. The van der Waals surface area contributed by atoms with E-state index >= 15 is 0 Å². The monoisotopic (exact) mass is 360 g/mol. The molecule has 6 heteroatoms. The smallest absolute Gasteiger partial charge is 0.255 e. The fourth-order valence-corrected chi connectivity index (χ4v) is 3.06. The topological polar surface area (TPSA) is 89.3 Å². The van der Waals surface area contributed by atoms with Crippen LogP contribution >= 0.6 is 0 Å². The van der Waals surface area contributed by atoms with Crippen LogP contribution < -0.4 is 10.5 Å². The zero-order chi connectivity index (χ0) is 19.0. The van der Waals surface area contributed by atoms with E-state index in [1.54, 1.807) is 19.1 Å². The summed E-state index contributed by atoms with van der Waals surface area (Å²) in [6, 6.07) is 10.3. The first kappa shape index (κ1) is 19.1. The molecule has 0 heterocycles. The average molecular weight is 360 g/mol. The van der Waals surface area contributed by atoms with Gasteiger partial charge in [-0.1, -0.05) is 32.9 Å². The van der Waals surface area contributed by atoms with Gasteiger partial charge >= 0.3 is 0 Å². The van der Waals surface area contributed by atoms with Crippen molar-refractivity contribution in [1.29, 1.82) is 0 Å². The summed E-state index contributed by atoms with van der Waals surface area (Å²) >= 11 is 0. The molecule has 0 saturated heterocycles. The maximum absolute atomic E-state index is 12.5. The molecular formula is C19H24N2O3S. The lowest BCUT2D eigenvalue weighted by molar-refractivity contribution is 0.102. The molecule has 0 bridgehead atoms. The van der Waals surface area contributed by atoms with Crippen LogP contribution in [-0.2, 0) is 15.4 Å². The minimum Gasteiger partial charge on any atom is -0.322 e. The average Bonchev–Trinajstić information content (AvgIpc) is 2.49. The summed E-state index contributed by atoms with van der Waals surface area (Å²) in [4.78, 5) is 12.5. The van der Waals surface area contributed by atoms with Gasteiger partial charge in [0.1, 0.15) is 0 Å². The van der Waals surface area contributed by atoms with Crippen LogP contribution in [0, 0.1) is 13.8 Å². The molecular weight excluding hydrogens is 336 g/mol. The van der Waals surface area contributed by atoms with Gasteiger partial charge in [0.2, 0.25) is 10.0 Å². The lowest BCUT2D eigenvalue weighted by atomic mass is 9.86. The number of hydrogen-bond acceptors (Lipinski definition) is 3. The first-order valence-corrected chi connectivity index (χ1v) is 9.50. The van der Waals surface area contributed by atoms with E-state index in [0.717, 1.165) is 16.7 Å². The molecule has 2 aromatic rings. The number of amides is 1. The van der Waals surface area contributed by atoms with Crippen molar-refractivity contribution in [3.8, 4) is 0 Å². The molecule has 5 nitrogen and oxygen atoms in total. The maximum atomic E-state index is 12.5. The van der Waals surface area contributed by atoms with Crippen LogP contribution in [-0.4, -0.2) is 14.3 Å². The number of aryl methyl sites for hydroxylation is 1. The summed E-state index contributed by atoms with van der Waals surface area (Å²) < 4.78 is 23.2. The van der Waals surface area contributed by atoms with Crippen LogP contribution in [0.3, 0.4) is 0 Å². The maximum Gasteiger partial charge on any atom is 0.255 e. The molecule has 134 valence electrons. The van der Waals surface area contributed by atoms with Gasteiger partial charge in [0.05, 0.1) is 4.90 Å². The Morgan fingerprint density at radius 2 is 1.60 bits per heavy atom. The number of anilines is 1. The Bertz CT molecular complexity index is 909. The molecule has 0 aromatic heterocycles. The van der Waals surface area contributed by atoms with E-state index in [0.29, 0.717) is 11.3 Å². The molecule has 0 aliphatic rings. The summed E-state index contributed by atoms with van der Waals surface area (Å²) in [5.41, 5.74) is 3.62. The van der Waals surface area contributed by atoms with E-state index in [1.807, 2.05) is 19.1 Å². The van der Waals surface area contributed by atoms with Crippen molar-refractivity contribution < 1.29 is 13.2 Å². The lowest BCUT2D eigenvalue weighted by Gasteiger charge is -2.19. The first-order valence-electron chi connectivity index (χ1n) is 7.95. The number of carbonyl (C=O) groups is 1. The summed E-state index contributed by atoms with van der Waals surface area (Å²) in [5.74, 6) is -0.297. The SMILES string of the molecule is Cc1cc(S(N)(=O)=O)cc(NC(=O)c2ccc(C(C)(C)C)cc2)c1C. The third-order valence-electron chi connectivity index (χ3n) is 4.23. The predicted octanol–water partition coefficient (Wildman–Crippen LogP) is 3.50. The van der Waals surface area contributed by atoms with Gasteiger partial charge in [-0.3, -0.25) is 4.79 Å². The van der Waals surface area contributed by atoms with Gasteiger partial charge in [-0.15, -0.1) is 0 Å². The Hall–Kier alpha value is -2.18. The second-order valence-electron chi connectivity index (χ2n) is 7.24. The third kappa shape index (κ3) is 4.46. The Kier molecular flexibility index (Phi) is 5.06. The highest BCUT2D eigenvalue weighted by molar-refractivity contribution is 7.89. The van der Waals surface area contributed by atoms with Crippen molar-refractivity contribution in [2.45, 2.75) is 44.9 Å². The molecule has 2 aromatic carbocycles. The van der Waals surface area contributed by atoms with Gasteiger partial charge in [0.15, 0.2) is 0 Å². The van der Waals surface area contributed by atoms with Crippen LogP contribution in [0.5, 0.6) is 0 Å². The number of carbonyl (C=O) groups excluding carboxylic acids is 1. The molecule has 3 N–H and O–H groups in total. The zero-order valence-corrected chi connectivity index (χ0v) is 16.0. The zero-order valence-electron chi connectivity index (χ0n) is 15.2. The standard InChI is InChI=1S/C19H24N2O3S/c1-12-10-16(25(20,23)24)11-17(13(12)2)21-18(22)14-6-8-15(9-7-14)19(3,4)5/h6-11H,1-5H3,(H,21,22)(H2,20,23,24). The van der Waals surface area contributed by atoms with Crippen LogP contribution in [0.25, 0.3) is 0 Å². The molecule has 2 rings (SSSR count). The molecule has 0 saturated carbocycles. The third-order valence-corrected chi connectivity index (χ3v) is 5.12. The van der Waals surface area contributed by atoms with E-state index in [4.69, 9.17) is 5.14 Å². The number of benzene rings is 2. The summed E-state index contributed by atoms with van der Waals surface area (Å²) in [6.07, 6.45) is 0. The minimum atomic E-state index is -3.84. The van der Waals surface area contributed by atoms with Gasteiger partial charge in [-0.2, -0.15) is 0 Å². The van der Waals surface area contributed by atoms with E-state index < -0.39 is 10.0 Å². The Balaban J connectivity index is 2.33. The number of sulfonamides is 1. The van der Waals surface area contributed by atoms with Gasteiger partial charge in [-0.25, -0.2) is 13.6 Å². The second kappa shape index (κ2) is 6.61. The van der Waals surface area contributed by atoms with Crippen molar-refractivity contribution in [3.63, 3.8) is 0 Å². The summed E-state index contributed by atoms with van der Waals surface area (Å²) in [7, 11) is -3.84. The molecule has 0 unspecified atom stereocenters. The molecule has 1 amide bonds. The molecule has 0 aliphatic carbocycles. The van der Waals surface area contributed by atoms with Crippen molar-refractivity contribution >= 4 is 21.6 Å². The Morgan fingerprint density at radius 3 is 2.08 bits per heavy atom. The second-order valence-corrected chi connectivity index (χ2v) is 8.80. The van der Waals surface area contributed by atoms with Crippen molar-refractivity contribution in [3.05, 3.63) is 58.7 Å². The van der Waals surface area contributed by atoms with Gasteiger partial charge in [0.25, 0.3) is 5.91 Å². The van der Waals surface area contributed by atoms with E-state index in [2.05, 4.69) is 26.1 Å². The molecule has 0 fully saturated rings. The van der Waals surface area contributed by atoms with Gasteiger partial charge < -0.3 is 5.32 Å². The largest absolute Gasteiger partial charge is 0.322 e. The first-order chi connectivity index (χ1) is 11.4. The van der Waals surface area contributed by atoms with Crippen LogP contribution in [0.4, 0.5) is 5.69 Å². The number of primary sulfonamides is 1. The number of nitrogens with one attached hydrogen (secondary N) is 1. The summed E-state index contributed by atoms with van der Waals surface area (Å²) in [6.45, 7) is 9.91. The van der Waals surface area contributed by atoms with Crippen molar-refractivity contribution in [1.82, 2.24) is 0 Å². The fourth-order valence-electron chi connectivity index (χ4n) is 2.44. The van der Waals surface area contributed by atoms with Crippen LogP contribution in [0.2, 0.25) is 0 Å². The van der Waals surface area contributed by atoms with Gasteiger partial charge in [-0.05, 0) is 60.2 Å². The van der Waals surface area contributed by atoms with Crippen molar-refractivity contribution in [2.75, 3.05) is 5.32 Å². The molecule has 0 radical (unpaired) electrons. The van der Waals surface area contributed by atoms with E-state index in [-0.39, 0.29) is 16.2 Å². The summed E-state index contributed by atoms with van der Waals surface area (Å²) in [5, 5.41) is 7.98. The molecule has 0 atom stereocenters. The highest BCUT2D eigenvalue weighted by atomic mass is 32.2. The van der Waals surface area contributed by atoms with Gasteiger partial charge in [0, 0.05) is 11.3 Å². The molecule has 25 heavy (non-hydrogen) atoms. The molecule has 0 aliphatic heterocycles. The molecule has 0 spiro atoms. The van der Waals surface area contributed by atoms with E-state index in [9.17, 15) is 13.2 Å². The highest BCUT2D eigenvalue weighted by Gasteiger charge is 2.17. The van der Waals surface area contributed by atoms with Crippen LogP contribution in [0.15, 0.2) is 41.3 Å². The number of nitrogens with two attached hydrogens (primary N) is 1. The van der Waals surface area contributed by atoms with E-state index in [1.165, 1.54) is 12.1 Å².